The molecule has 1 aliphatic rings. The Morgan fingerprint density at radius 2 is 1.57 bits per heavy atom. The molecule has 3 aromatic rings. The van der Waals surface area contributed by atoms with E-state index in [4.69, 9.17) is 4.74 Å². The van der Waals surface area contributed by atoms with Gasteiger partial charge in [-0.2, -0.15) is 0 Å². The van der Waals surface area contributed by atoms with E-state index in [2.05, 4.69) is 22.3 Å². The fourth-order valence-electron chi connectivity index (χ4n) is 4.63. The average Bonchev–Trinajstić information content (AvgIpc) is 3.39. The summed E-state index contributed by atoms with van der Waals surface area (Å²) in [7, 11) is 4.02. The monoisotopic (exact) mass is 470 g/mol. The van der Waals surface area contributed by atoms with Crippen molar-refractivity contribution in [3.63, 3.8) is 0 Å². The van der Waals surface area contributed by atoms with E-state index >= 15 is 0 Å². The molecule has 4 rings (SSSR count). The van der Waals surface area contributed by atoms with E-state index in [0.29, 0.717) is 23.8 Å². The Morgan fingerprint density at radius 3 is 2.20 bits per heavy atom. The summed E-state index contributed by atoms with van der Waals surface area (Å²) in [5.74, 6) is 1.12. The molecule has 0 aromatic heterocycles. The highest BCUT2D eigenvalue weighted by atomic mass is 16.5. The minimum atomic E-state index is -0.150. The van der Waals surface area contributed by atoms with Crippen molar-refractivity contribution >= 4 is 22.7 Å². The van der Waals surface area contributed by atoms with E-state index in [1.807, 2.05) is 68.7 Å². The van der Waals surface area contributed by atoms with Gasteiger partial charge in [0, 0.05) is 12.2 Å². The number of nitrogens with zero attached hydrogens (tertiary/aromatic N) is 1. The van der Waals surface area contributed by atoms with Gasteiger partial charge >= 0.3 is 0 Å². The van der Waals surface area contributed by atoms with Gasteiger partial charge in [-0.3, -0.25) is 4.79 Å². The van der Waals surface area contributed by atoms with Gasteiger partial charge in [0.1, 0.15) is 18.1 Å². The predicted octanol–water partition coefficient (Wildman–Crippen LogP) is 6.07. The maximum absolute atomic E-state index is 13.8. The Hall–Kier alpha value is -3.57. The van der Waals surface area contributed by atoms with Crippen molar-refractivity contribution in [2.45, 2.75) is 25.7 Å². The standard InChI is InChI=1S/C30H34N2O3/c1-32(2)20-21-35-27-18-14-25(15-19-27)31-30(34)29(24-12-16-26(33)17-13-24)28(23-10-6-7-11-23)22-8-4-3-5-9-22/h3-5,8-9,12-19,23,33H,6-7,10-11,20-21H2,1-2H3,(H,31,34)/b29-28-. The zero-order valence-corrected chi connectivity index (χ0v) is 20.5. The zero-order chi connectivity index (χ0) is 24.6. The second-order valence-electron chi connectivity index (χ2n) is 9.31. The molecule has 0 atom stereocenters. The van der Waals surface area contributed by atoms with Crippen LogP contribution in [-0.4, -0.2) is 43.2 Å². The minimum absolute atomic E-state index is 0.150. The van der Waals surface area contributed by atoms with Crippen LogP contribution in [0, 0.1) is 5.92 Å². The molecule has 1 amide bonds. The number of carbonyl (C=O) groups is 1. The van der Waals surface area contributed by atoms with Crippen molar-refractivity contribution in [3.05, 3.63) is 90.0 Å². The van der Waals surface area contributed by atoms with Gasteiger partial charge in [-0.05, 0) is 86.0 Å². The lowest BCUT2D eigenvalue weighted by Gasteiger charge is -2.21. The van der Waals surface area contributed by atoms with Gasteiger partial charge in [0.25, 0.3) is 5.91 Å². The molecule has 1 fully saturated rings. The zero-order valence-electron chi connectivity index (χ0n) is 20.5. The molecule has 5 heteroatoms. The Morgan fingerprint density at radius 1 is 0.914 bits per heavy atom. The van der Waals surface area contributed by atoms with Crippen LogP contribution in [0.15, 0.2) is 78.9 Å². The third kappa shape index (κ3) is 6.52. The van der Waals surface area contributed by atoms with Crippen molar-refractivity contribution in [1.29, 1.82) is 0 Å². The number of anilines is 1. The fourth-order valence-corrected chi connectivity index (χ4v) is 4.63. The molecule has 0 unspecified atom stereocenters. The van der Waals surface area contributed by atoms with Crippen LogP contribution < -0.4 is 10.1 Å². The first-order valence-electron chi connectivity index (χ1n) is 12.3. The molecule has 2 N–H and O–H groups in total. The van der Waals surface area contributed by atoms with E-state index in [-0.39, 0.29) is 11.7 Å². The summed E-state index contributed by atoms with van der Waals surface area (Å²) in [5.41, 5.74) is 4.33. The van der Waals surface area contributed by atoms with Crippen LogP contribution in [0.2, 0.25) is 0 Å². The Kier molecular flexibility index (Phi) is 8.22. The number of hydrogen-bond donors (Lipinski definition) is 2. The number of carbonyl (C=O) groups excluding carboxylic acids is 1. The highest BCUT2D eigenvalue weighted by Gasteiger charge is 2.27. The van der Waals surface area contributed by atoms with Gasteiger partial charge in [-0.25, -0.2) is 0 Å². The summed E-state index contributed by atoms with van der Waals surface area (Å²) in [5, 5.41) is 13.0. The summed E-state index contributed by atoms with van der Waals surface area (Å²) in [4.78, 5) is 15.9. The number of aromatic hydroxyl groups is 1. The van der Waals surface area contributed by atoms with Gasteiger partial charge in [0.2, 0.25) is 0 Å². The molecule has 0 radical (unpaired) electrons. The normalized spacial score (nSPS) is 14.6. The van der Waals surface area contributed by atoms with Gasteiger partial charge < -0.3 is 20.1 Å². The van der Waals surface area contributed by atoms with E-state index in [1.165, 1.54) is 12.8 Å². The van der Waals surface area contributed by atoms with Crippen LogP contribution in [0.5, 0.6) is 11.5 Å². The SMILES string of the molecule is CN(C)CCOc1ccc(NC(=O)/C(=C(/c2ccccc2)C2CCCC2)c2ccc(O)cc2)cc1. The number of phenols is 1. The molecule has 1 aliphatic carbocycles. The molecule has 5 nitrogen and oxygen atoms in total. The van der Waals surface area contributed by atoms with E-state index in [0.717, 1.165) is 41.8 Å². The molecular formula is C30H34N2O3. The molecule has 0 spiro atoms. The number of ether oxygens (including phenoxy) is 1. The number of amides is 1. The topological polar surface area (TPSA) is 61.8 Å². The minimum Gasteiger partial charge on any atom is -0.508 e. The van der Waals surface area contributed by atoms with Crippen molar-refractivity contribution in [1.82, 2.24) is 4.90 Å². The molecule has 182 valence electrons. The smallest absolute Gasteiger partial charge is 0.256 e. The Balaban J connectivity index is 1.67. The lowest BCUT2D eigenvalue weighted by Crippen LogP contribution is -2.19. The molecule has 0 heterocycles. The molecule has 0 saturated heterocycles. The number of hydrogen-bond acceptors (Lipinski definition) is 4. The number of allylic oxidation sites excluding steroid dienone is 1. The Labute approximate surface area is 208 Å². The third-order valence-corrected chi connectivity index (χ3v) is 6.42. The molecule has 0 bridgehead atoms. The van der Waals surface area contributed by atoms with Crippen molar-refractivity contribution < 1.29 is 14.6 Å². The number of likely N-dealkylation sites (N-methyl/N-ethyl adjacent to an activating group) is 1. The quantitative estimate of drug-likeness (QED) is 0.294. The lowest BCUT2D eigenvalue weighted by atomic mass is 9.84. The first-order chi connectivity index (χ1) is 17.0. The van der Waals surface area contributed by atoms with Crippen LogP contribution >= 0.6 is 0 Å². The van der Waals surface area contributed by atoms with Crippen LogP contribution in [0.3, 0.4) is 0 Å². The molecule has 1 saturated carbocycles. The van der Waals surface area contributed by atoms with Crippen molar-refractivity contribution in [2.24, 2.45) is 5.92 Å². The van der Waals surface area contributed by atoms with E-state index < -0.39 is 0 Å². The van der Waals surface area contributed by atoms with Crippen LogP contribution in [0.1, 0.15) is 36.8 Å². The summed E-state index contributed by atoms with van der Waals surface area (Å²) < 4.78 is 5.78. The van der Waals surface area contributed by atoms with Gasteiger partial charge in [-0.15, -0.1) is 0 Å². The second-order valence-corrected chi connectivity index (χ2v) is 9.31. The number of rotatable bonds is 9. The molecular weight excluding hydrogens is 436 g/mol. The maximum Gasteiger partial charge on any atom is 0.256 e. The summed E-state index contributed by atoms with van der Waals surface area (Å²) in [6, 6.07) is 24.6. The van der Waals surface area contributed by atoms with Crippen molar-refractivity contribution in [3.8, 4) is 11.5 Å². The van der Waals surface area contributed by atoms with Gasteiger partial charge in [-0.1, -0.05) is 55.3 Å². The highest BCUT2D eigenvalue weighted by molar-refractivity contribution is 6.31. The number of phenolic OH excluding ortho intramolecular Hbond substituents is 1. The van der Waals surface area contributed by atoms with Gasteiger partial charge in [0.15, 0.2) is 0 Å². The molecule has 35 heavy (non-hydrogen) atoms. The van der Waals surface area contributed by atoms with Crippen LogP contribution in [0.4, 0.5) is 5.69 Å². The highest BCUT2D eigenvalue weighted by Crippen LogP contribution is 2.41. The summed E-state index contributed by atoms with van der Waals surface area (Å²) in [6.45, 7) is 1.44. The largest absolute Gasteiger partial charge is 0.508 e. The predicted molar refractivity (Wildman–Crippen MR) is 142 cm³/mol. The maximum atomic E-state index is 13.8. The second kappa shape index (κ2) is 11.7. The van der Waals surface area contributed by atoms with E-state index in [1.54, 1.807) is 12.1 Å². The molecule has 3 aromatic carbocycles. The van der Waals surface area contributed by atoms with E-state index in [9.17, 15) is 9.90 Å². The first kappa shape index (κ1) is 24.6. The third-order valence-electron chi connectivity index (χ3n) is 6.42. The number of nitrogens with one attached hydrogen (secondary N) is 1. The van der Waals surface area contributed by atoms with Crippen LogP contribution in [-0.2, 0) is 4.79 Å². The van der Waals surface area contributed by atoms with Crippen molar-refractivity contribution in [2.75, 3.05) is 32.6 Å². The van der Waals surface area contributed by atoms with Gasteiger partial charge in [0.05, 0.1) is 5.57 Å². The summed E-state index contributed by atoms with van der Waals surface area (Å²) >= 11 is 0. The Bertz CT molecular complexity index is 1130. The average molecular weight is 471 g/mol. The van der Waals surface area contributed by atoms with Crippen LogP contribution in [0.25, 0.3) is 11.1 Å². The summed E-state index contributed by atoms with van der Waals surface area (Å²) in [6.07, 6.45) is 4.47. The molecule has 0 aliphatic heterocycles. The lowest BCUT2D eigenvalue weighted by molar-refractivity contribution is -0.111. The first-order valence-corrected chi connectivity index (χ1v) is 12.3. The fraction of sp³-hybridized carbons (Fsp3) is 0.300. The number of benzene rings is 3.